The molecule has 0 aromatic carbocycles. The summed E-state index contributed by atoms with van der Waals surface area (Å²) in [4.78, 5) is 12.1. The average Bonchev–Trinajstić information content (AvgIpc) is 2.11. The molecule has 1 fully saturated rings. The molecule has 0 aromatic heterocycles. The van der Waals surface area contributed by atoms with Crippen molar-refractivity contribution in [1.82, 2.24) is 4.90 Å². The lowest BCUT2D eigenvalue weighted by Gasteiger charge is -2.16. The second-order valence-corrected chi connectivity index (χ2v) is 2.62. The number of hydrogen-bond donors (Lipinski definition) is 2. The molecule has 0 aliphatic carbocycles. The Hall–Kier alpha value is -0.610. The van der Waals surface area contributed by atoms with E-state index in [4.69, 9.17) is 10.2 Å². The zero-order chi connectivity index (χ0) is 7.72. The van der Waals surface area contributed by atoms with Crippen molar-refractivity contribution >= 4 is 5.97 Å². The van der Waals surface area contributed by atoms with Crippen LogP contribution in [0.2, 0.25) is 0 Å². The van der Waals surface area contributed by atoms with Gasteiger partial charge in [-0.25, -0.2) is 0 Å². The van der Waals surface area contributed by atoms with Gasteiger partial charge in [-0.15, -0.1) is 0 Å². The first kappa shape index (κ1) is 7.50. The average molecular weight is 145 g/mol. The minimum atomic E-state index is -0.937. The maximum Gasteiger partial charge on any atom is 0.323 e. The topological polar surface area (TPSA) is 60.8 Å². The van der Waals surface area contributed by atoms with E-state index in [1.807, 2.05) is 0 Å². The van der Waals surface area contributed by atoms with Gasteiger partial charge in [0.2, 0.25) is 0 Å². The van der Waals surface area contributed by atoms with Crippen LogP contribution in [0.5, 0.6) is 0 Å². The number of carbonyl (C=O) groups is 1. The number of aliphatic hydroxyl groups excluding tert-OH is 1. The van der Waals surface area contributed by atoms with Gasteiger partial charge in [-0.1, -0.05) is 0 Å². The van der Waals surface area contributed by atoms with E-state index in [0.717, 1.165) is 0 Å². The molecule has 0 unspecified atom stereocenters. The largest absolute Gasteiger partial charge is 0.480 e. The molecule has 1 heterocycles. The Morgan fingerprint density at radius 1 is 1.70 bits per heavy atom. The lowest BCUT2D eigenvalue weighted by molar-refractivity contribution is -0.144. The van der Waals surface area contributed by atoms with Gasteiger partial charge in [0, 0.05) is 6.54 Å². The highest BCUT2D eigenvalue weighted by Gasteiger charge is 2.35. The van der Waals surface area contributed by atoms with Gasteiger partial charge in [-0.2, -0.15) is 0 Å². The third-order valence-corrected chi connectivity index (χ3v) is 1.87. The Balaban J connectivity index is 2.63. The molecule has 1 aliphatic heterocycles. The summed E-state index contributed by atoms with van der Waals surface area (Å²) in [6.45, 7) is 0.665. The maximum absolute atomic E-state index is 10.4. The van der Waals surface area contributed by atoms with Crippen molar-refractivity contribution < 1.29 is 15.0 Å². The third kappa shape index (κ3) is 1.12. The van der Waals surface area contributed by atoms with Crippen molar-refractivity contribution in [2.75, 3.05) is 13.6 Å². The molecule has 1 rings (SSSR count). The fraction of sp³-hybridized carbons (Fsp3) is 0.833. The summed E-state index contributed by atoms with van der Waals surface area (Å²) in [6, 6.07) is -0.694. The normalized spacial score (nSPS) is 34.6. The molecule has 1 aliphatic rings. The SMILES string of the molecule is CN1CC[C@@H](O)[C@H]1C(=O)O. The molecule has 4 nitrogen and oxygen atoms in total. The van der Waals surface area contributed by atoms with E-state index < -0.39 is 18.1 Å². The van der Waals surface area contributed by atoms with Gasteiger partial charge in [0.05, 0.1) is 6.10 Å². The molecule has 1 saturated heterocycles. The fourth-order valence-corrected chi connectivity index (χ4v) is 1.28. The van der Waals surface area contributed by atoms with Gasteiger partial charge in [0.25, 0.3) is 0 Å². The monoisotopic (exact) mass is 145 g/mol. The molecule has 2 N–H and O–H groups in total. The van der Waals surface area contributed by atoms with Crippen LogP contribution in [0.3, 0.4) is 0 Å². The van der Waals surface area contributed by atoms with Crippen LogP contribution < -0.4 is 0 Å². The molecule has 0 radical (unpaired) electrons. The summed E-state index contributed by atoms with van der Waals surface area (Å²) in [5.41, 5.74) is 0. The number of aliphatic hydroxyl groups is 1. The highest BCUT2D eigenvalue weighted by atomic mass is 16.4. The number of likely N-dealkylation sites (tertiary alicyclic amines) is 1. The molecule has 0 bridgehead atoms. The van der Waals surface area contributed by atoms with Crippen molar-refractivity contribution in [3.63, 3.8) is 0 Å². The van der Waals surface area contributed by atoms with Crippen molar-refractivity contribution in [2.24, 2.45) is 0 Å². The number of rotatable bonds is 1. The number of aliphatic carboxylic acids is 1. The molecule has 0 aromatic rings. The molecule has 0 amide bonds. The Morgan fingerprint density at radius 2 is 2.30 bits per heavy atom. The Morgan fingerprint density at radius 3 is 2.50 bits per heavy atom. The molecule has 0 saturated carbocycles. The smallest absolute Gasteiger partial charge is 0.323 e. The van der Waals surface area contributed by atoms with Crippen LogP contribution in [-0.2, 0) is 4.79 Å². The van der Waals surface area contributed by atoms with Crippen LogP contribution in [0, 0.1) is 0 Å². The van der Waals surface area contributed by atoms with Crippen LogP contribution in [0.4, 0.5) is 0 Å². The summed E-state index contributed by atoms with van der Waals surface area (Å²) in [5, 5.41) is 17.7. The molecule has 2 atom stereocenters. The lowest BCUT2D eigenvalue weighted by atomic mass is 10.2. The standard InChI is InChI=1S/C6H11NO3/c1-7-3-2-4(8)5(7)6(9)10/h4-5,8H,2-3H2,1H3,(H,9,10)/t4-,5+/m1/s1. The zero-order valence-electron chi connectivity index (χ0n) is 5.82. The lowest BCUT2D eigenvalue weighted by Crippen LogP contribution is -2.39. The van der Waals surface area contributed by atoms with Gasteiger partial charge >= 0.3 is 5.97 Å². The number of hydrogen-bond acceptors (Lipinski definition) is 3. The third-order valence-electron chi connectivity index (χ3n) is 1.87. The van der Waals surface area contributed by atoms with E-state index in [2.05, 4.69) is 0 Å². The minimum absolute atomic E-state index is 0.563. The summed E-state index contributed by atoms with van der Waals surface area (Å²) in [7, 11) is 1.70. The van der Waals surface area contributed by atoms with Gasteiger partial charge in [-0.05, 0) is 13.5 Å². The summed E-state index contributed by atoms with van der Waals surface area (Å²) in [5.74, 6) is -0.937. The van der Waals surface area contributed by atoms with E-state index in [0.29, 0.717) is 13.0 Å². The highest BCUT2D eigenvalue weighted by molar-refractivity contribution is 5.74. The number of nitrogens with zero attached hydrogens (tertiary/aromatic N) is 1. The number of carboxylic acid groups (broad SMARTS) is 1. The number of likely N-dealkylation sites (N-methyl/N-ethyl adjacent to an activating group) is 1. The summed E-state index contributed by atoms with van der Waals surface area (Å²) >= 11 is 0. The molecular weight excluding hydrogens is 134 g/mol. The van der Waals surface area contributed by atoms with E-state index in [-0.39, 0.29) is 0 Å². The molecule has 4 heteroatoms. The van der Waals surface area contributed by atoms with Gasteiger partial charge < -0.3 is 10.2 Å². The zero-order valence-corrected chi connectivity index (χ0v) is 5.82. The molecule has 0 spiro atoms. The Kier molecular flexibility index (Phi) is 1.92. The van der Waals surface area contributed by atoms with Crippen LogP contribution in [0.25, 0.3) is 0 Å². The molecular formula is C6H11NO3. The van der Waals surface area contributed by atoms with Crippen molar-refractivity contribution in [3.05, 3.63) is 0 Å². The summed E-state index contributed by atoms with van der Waals surface area (Å²) < 4.78 is 0. The van der Waals surface area contributed by atoms with Gasteiger partial charge in [0.1, 0.15) is 6.04 Å². The van der Waals surface area contributed by atoms with Crippen molar-refractivity contribution in [2.45, 2.75) is 18.6 Å². The van der Waals surface area contributed by atoms with E-state index in [1.165, 1.54) is 0 Å². The molecule has 58 valence electrons. The molecule has 10 heavy (non-hydrogen) atoms. The maximum atomic E-state index is 10.4. The second kappa shape index (κ2) is 2.56. The van der Waals surface area contributed by atoms with Crippen molar-refractivity contribution in [3.8, 4) is 0 Å². The first-order valence-corrected chi connectivity index (χ1v) is 3.24. The van der Waals surface area contributed by atoms with Gasteiger partial charge in [-0.3, -0.25) is 9.69 Å². The first-order chi connectivity index (χ1) is 4.63. The minimum Gasteiger partial charge on any atom is -0.480 e. The van der Waals surface area contributed by atoms with Crippen molar-refractivity contribution in [1.29, 1.82) is 0 Å². The Labute approximate surface area is 59.1 Å². The van der Waals surface area contributed by atoms with Crippen LogP contribution in [0.1, 0.15) is 6.42 Å². The van der Waals surface area contributed by atoms with Crippen LogP contribution in [-0.4, -0.2) is 46.8 Å². The fourth-order valence-electron chi connectivity index (χ4n) is 1.28. The summed E-state index contributed by atoms with van der Waals surface area (Å²) in [6.07, 6.45) is -0.129. The van der Waals surface area contributed by atoms with Crippen LogP contribution in [0.15, 0.2) is 0 Å². The number of carboxylic acids is 1. The van der Waals surface area contributed by atoms with Gasteiger partial charge in [0.15, 0.2) is 0 Å². The van der Waals surface area contributed by atoms with Crippen LogP contribution >= 0.6 is 0 Å². The quantitative estimate of drug-likeness (QED) is 0.504. The van der Waals surface area contributed by atoms with E-state index in [9.17, 15) is 4.79 Å². The second-order valence-electron chi connectivity index (χ2n) is 2.62. The van der Waals surface area contributed by atoms with E-state index in [1.54, 1.807) is 11.9 Å². The highest BCUT2D eigenvalue weighted by Crippen LogP contribution is 2.15. The Bertz CT molecular complexity index is 138. The predicted molar refractivity (Wildman–Crippen MR) is 34.7 cm³/mol. The van der Waals surface area contributed by atoms with E-state index >= 15 is 0 Å². The predicted octanol–water partition coefficient (Wildman–Crippen LogP) is -0.864. The first-order valence-electron chi connectivity index (χ1n) is 3.24.